The molecule has 0 radical (unpaired) electrons. The SMILES string of the molecule is O[C@H](CN(Cc1cc(C(F)(F)F)ccc1F)c1cccc(Oc2cccc(C(F)(F)C(F)(F)F)c2)c1)C(F)(F)F. The van der Waals surface area contributed by atoms with Crippen LogP contribution >= 0.6 is 0 Å². The predicted molar refractivity (Wildman–Crippen MR) is 117 cm³/mol. The summed E-state index contributed by atoms with van der Waals surface area (Å²) in [4.78, 5) is 0.692. The predicted octanol–water partition coefficient (Wildman–Crippen LogP) is 8.22. The van der Waals surface area contributed by atoms with Crippen molar-refractivity contribution >= 4 is 5.69 Å². The first-order valence-electron chi connectivity index (χ1n) is 11.0. The number of benzene rings is 3. The van der Waals surface area contributed by atoms with Gasteiger partial charge in [0.2, 0.25) is 0 Å². The van der Waals surface area contributed by atoms with Gasteiger partial charge in [-0.1, -0.05) is 18.2 Å². The third-order valence-corrected chi connectivity index (χ3v) is 5.48. The normalized spacial score (nSPS) is 13.7. The summed E-state index contributed by atoms with van der Waals surface area (Å²) in [5, 5.41) is 9.59. The molecule has 0 amide bonds. The van der Waals surface area contributed by atoms with E-state index < -0.39 is 71.9 Å². The zero-order chi connectivity index (χ0) is 30.1. The maximum absolute atomic E-state index is 14.3. The van der Waals surface area contributed by atoms with Crippen LogP contribution in [0.4, 0.5) is 58.4 Å². The lowest BCUT2D eigenvalue weighted by molar-refractivity contribution is -0.289. The van der Waals surface area contributed by atoms with Crippen LogP contribution in [0.5, 0.6) is 11.5 Å². The number of nitrogens with zero attached hydrogens (tertiary/aromatic N) is 1. The smallest absolute Gasteiger partial charge is 0.457 e. The molecule has 3 nitrogen and oxygen atoms in total. The van der Waals surface area contributed by atoms with Gasteiger partial charge in [0.25, 0.3) is 0 Å². The number of hydrogen-bond acceptors (Lipinski definition) is 3. The van der Waals surface area contributed by atoms with Gasteiger partial charge in [-0.2, -0.15) is 48.3 Å². The molecule has 0 spiro atoms. The lowest BCUT2D eigenvalue weighted by atomic mass is 10.1. The topological polar surface area (TPSA) is 32.7 Å². The highest BCUT2D eigenvalue weighted by Crippen LogP contribution is 2.45. The summed E-state index contributed by atoms with van der Waals surface area (Å²) in [6.07, 6.45) is -19.0. The van der Waals surface area contributed by atoms with Crippen LogP contribution in [0.1, 0.15) is 16.7 Å². The summed E-state index contributed by atoms with van der Waals surface area (Å²) in [5.74, 6) is -7.21. The molecule has 3 aromatic carbocycles. The van der Waals surface area contributed by atoms with Crippen LogP contribution in [0.25, 0.3) is 0 Å². The minimum Gasteiger partial charge on any atom is -0.457 e. The summed E-state index contributed by atoms with van der Waals surface area (Å²) in [5.41, 5.74) is -3.65. The van der Waals surface area contributed by atoms with Crippen molar-refractivity contribution in [3.8, 4) is 11.5 Å². The number of aliphatic hydroxyl groups is 1. The number of aliphatic hydroxyl groups excluding tert-OH is 1. The molecule has 0 aliphatic heterocycles. The largest absolute Gasteiger partial charge is 0.458 e. The van der Waals surface area contributed by atoms with E-state index in [9.17, 15) is 57.8 Å². The summed E-state index contributed by atoms with van der Waals surface area (Å²) in [6.45, 7) is -2.16. The molecule has 40 heavy (non-hydrogen) atoms. The van der Waals surface area contributed by atoms with E-state index in [1.165, 1.54) is 0 Å². The number of halogens is 12. The summed E-state index contributed by atoms with van der Waals surface area (Å²) in [6, 6.07) is 8.47. The zero-order valence-electron chi connectivity index (χ0n) is 19.7. The Hall–Kier alpha value is -3.62. The highest BCUT2D eigenvalue weighted by Gasteiger charge is 2.58. The average Bonchev–Trinajstić information content (AvgIpc) is 2.83. The second-order valence-electron chi connectivity index (χ2n) is 8.44. The molecule has 3 rings (SSSR count). The molecule has 0 saturated carbocycles. The van der Waals surface area contributed by atoms with Crippen LogP contribution in [0.2, 0.25) is 0 Å². The maximum Gasteiger partial charge on any atom is 0.458 e. The second kappa shape index (κ2) is 11.1. The quantitative estimate of drug-likeness (QED) is 0.268. The van der Waals surface area contributed by atoms with Gasteiger partial charge in [-0.05, 0) is 42.5 Å². The van der Waals surface area contributed by atoms with Gasteiger partial charge in [-0.3, -0.25) is 0 Å². The Balaban J connectivity index is 1.97. The third-order valence-electron chi connectivity index (χ3n) is 5.48. The first-order chi connectivity index (χ1) is 18.3. The Morgan fingerprint density at radius 1 is 0.725 bits per heavy atom. The van der Waals surface area contributed by atoms with Crippen molar-refractivity contribution in [3.63, 3.8) is 0 Å². The fourth-order valence-corrected chi connectivity index (χ4v) is 3.45. The molecule has 1 atom stereocenters. The molecule has 0 aliphatic rings. The molecule has 0 unspecified atom stereocenters. The van der Waals surface area contributed by atoms with Crippen LogP contribution in [0, 0.1) is 5.82 Å². The number of rotatable bonds is 8. The van der Waals surface area contributed by atoms with Crippen molar-refractivity contribution < 1.29 is 62.5 Å². The Labute approximate surface area is 218 Å². The maximum atomic E-state index is 14.3. The minimum atomic E-state index is -5.91. The Kier molecular flexibility index (Phi) is 8.58. The van der Waals surface area contributed by atoms with Gasteiger partial charge in [0.15, 0.2) is 6.10 Å². The van der Waals surface area contributed by atoms with Crippen molar-refractivity contribution in [2.75, 3.05) is 11.4 Å². The average molecular weight is 591 g/mol. The van der Waals surface area contributed by atoms with E-state index in [0.717, 1.165) is 36.4 Å². The van der Waals surface area contributed by atoms with Gasteiger partial charge in [0.05, 0.1) is 12.1 Å². The highest BCUT2D eigenvalue weighted by molar-refractivity contribution is 5.52. The zero-order valence-corrected chi connectivity index (χ0v) is 19.7. The molecule has 0 heterocycles. The molecular weight excluding hydrogens is 574 g/mol. The van der Waals surface area contributed by atoms with Crippen molar-refractivity contribution in [1.29, 1.82) is 0 Å². The molecule has 1 N–H and O–H groups in total. The van der Waals surface area contributed by atoms with E-state index in [1.54, 1.807) is 0 Å². The van der Waals surface area contributed by atoms with Gasteiger partial charge in [0, 0.05) is 29.4 Å². The summed E-state index contributed by atoms with van der Waals surface area (Å²) >= 11 is 0. The number of ether oxygens (including phenoxy) is 1. The Bertz CT molecular complexity index is 1320. The van der Waals surface area contributed by atoms with Crippen LogP contribution in [0.15, 0.2) is 66.7 Å². The molecular formula is C25H17F12NO2. The third kappa shape index (κ3) is 7.31. The van der Waals surface area contributed by atoms with Crippen LogP contribution in [0.3, 0.4) is 0 Å². The summed E-state index contributed by atoms with van der Waals surface area (Å²) < 4.78 is 164. The van der Waals surface area contributed by atoms with Gasteiger partial charge in [0.1, 0.15) is 17.3 Å². The van der Waals surface area contributed by atoms with Gasteiger partial charge in [-0.25, -0.2) is 4.39 Å². The lowest BCUT2D eigenvalue weighted by Gasteiger charge is -2.29. The van der Waals surface area contributed by atoms with E-state index >= 15 is 0 Å². The number of alkyl halides is 11. The second-order valence-corrected chi connectivity index (χ2v) is 8.44. The van der Waals surface area contributed by atoms with Crippen molar-refractivity contribution in [2.24, 2.45) is 0 Å². The molecule has 0 aliphatic carbocycles. The van der Waals surface area contributed by atoms with E-state index in [-0.39, 0.29) is 11.4 Å². The molecule has 0 fully saturated rings. The van der Waals surface area contributed by atoms with E-state index in [0.29, 0.717) is 35.2 Å². The van der Waals surface area contributed by atoms with Crippen LogP contribution < -0.4 is 9.64 Å². The molecule has 218 valence electrons. The fourth-order valence-electron chi connectivity index (χ4n) is 3.45. The molecule has 0 aromatic heterocycles. The van der Waals surface area contributed by atoms with Gasteiger partial charge >= 0.3 is 24.5 Å². The standard InChI is InChI=1S/C25H17F12NO2/c26-20-8-7-16(23(29,30)31)9-14(20)12-38(13-21(39)24(32,33)34)17-4-2-6-19(11-17)40-18-5-1-3-15(10-18)22(27,28)25(35,36)37/h1-11,21,39H,12-13H2/t21-/m1/s1. The van der Waals surface area contributed by atoms with Crippen LogP contribution in [-0.4, -0.2) is 30.1 Å². The van der Waals surface area contributed by atoms with Crippen molar-refractivity contribution in [2.45, 2.75) is 37.1 Å². The van der Waals surface area contributed by atoms with Gasteiger partial charge in [-0.15, -0.1) is 0 Å². The molecule has 0 saturated heterocycles. The first-order valence-corrected chi connectivity index (χ1v) is 11.0. The van der Waals surface area contributed by atoms with E-state index in [4.69, 9.17) is 4.74 Å². The fraction of sp³-hybridized carbons (Fsp3) is 0.280. The first kappa shape index (κ1) is 30.9. The molecule has 3 aromatic rings. The van der Waals surface area contributed by atoms with Crippen molar-refractivity contribution in [3.05, 3.63) is 89.2 Å². The van der Waals surface area contributed by atoms with E-state index in [2.05, 4.69) is 0 Å². The Morgan fingerprint density at radius 3 is 1.90 bits per heavy atom. The Morgan fingerprint density at radius 2 is 1.32 bits per heavy atom. The highest BCUT2D eigenvalue weighted by atomic mass is 19.4. The van der Waals surface area contributed by atoms with E-state index in [1.807, 2.05) is 0 Å². The monoisotopic (exact) mass is 591 g/mol. The molecule has 15 heteroatoms. The minimum absolute atomic E-state index is 0.241. The molecule has 0 bridgehead atoms. The number of hydrogen-bond donors (Lipinski definition) is 1. The van der Waals surface area contributed by atoms with Gasteiger partial charge < -0.3 is 14.7 Å². The lowest BCUT2D eigenvalue weighted by Crippen LogP contribution is -2.41. The van der Waals surface area contributed by atoms with Crippen LogP contribution in [-0.2, 0) is 18.6 Å². The van der Waals surface area contributed by atoms with Crippen molar-refractivity contribution in [1.82, 2.24) is 0 Å². The number of anilines is 1. The summed E-state index contributed by atoms with van der Waals surface area (Å²) in [7, 11) is 0.